The molecule has 0 aliphatic rings. The predicted octanol–water partition coefficient (Wildman–Crippen LogP) is 3.10. The molecule has 0 amide bonds. The van der Waals surface area contributed by atoms with Crippen molar-refractivity contribution in [3.63, 3.8) is 0 Å². The minimum Gasteiger partial charge on any atom is -0.494 e. The van der Waals surface area contributed by atoms with Crippen LogP contribution in [0.2, 0.25) is 0 Å². The van der Waals surface area contributed by atoms with E-state index in [4.69, 9.17) is 4.74 Å². The maximum atomic E-state index is 13.2. The van der Waals surface area contributed by atoms with Gasteiger partial charge in [-0.05, 0) is 18.2 Å². The van der Waals surface area contributed by atoms with Gasteiger partial charge in [-0.25, -0.2) is 8.78 Å². The van der Waals surface area contributed by atoms with Crippen molar-refractivity contribution in [1.29, 1.82) is 0 Å². The molecule has 0 aromatic heterocycles. The molecule has 5 heteroatoms. The minimum atomic E-state index is -0.793. The molecule has 15 heavy (non-hydrogen) atoms. The van der Waals surface area contributed by atoms with Gasteiger partial charge < -0.3 is 4.74 Å². The van der Waals surface area contributed by atoms with Crippen molar-refractivity contribution in [2.45, 2.75) is 6.92 Å². The van der Waals surface area contributed by atoms with E-state index in [0.717, 1.165) is 24.4 Å². The molecule has 0 bridgehead atoms. The van der Waals surface area contributed by atoms with Crippen LogP contribution in [-0.2, 0) is 0 Å². The Morgan fingerprint density at radius 2 is 2.00 bits per heavy atom. The molecule has 80 valence electrons. The maximum Gasteiger partial charge on any atom is 0.137 e. The summed E-state index contributed by atoms with van der Waals surface area (Å²) in [5.74, 6) is -1.47. The lowest BCUT2D eigenvalue weighted by Gasteiger charge is -2.05. The van der Waals surface area contributed by atoms with Gasteiger partial charge >= 0.3 is 0 Å². The summed E-state index contributed by atoms with van der Waals surface area (Å²) >= 11 is 0. The lowest BCUT2D eigenvalue weighted by Crippen LogP contribution is -1.95. The lowest BCUT2D eigenvalue weighted by atomic mass is 10.2. The summed E-state index contributed by atoms with van der Waals surface area (Å²) in [6.45, 7) is 2.03. The average Bonchev–Trinajstić information content (AvgIpc) is 2.17. The van der Waals surface area contributed by atoms with Gasteiger partial charge in [-0.2, -0.15) is 0 Å². The lowest BCUT2D eigenvalue weighted by molar-refractivity contribution is 0.335. The minimum absolute atomic E-state index is 0.115. The van der Waals surface area contributed by atoms with Gasteiger partial charge in [-0.15, -0.1) is 4.91 Å². The molecule has 0 spiro atoms. The summed E-state index contributed by atoms with van der Waals surface area (Å²) in [6.07, 6.45) is 1.75. The highest BCUT2D eigenvalue weighted by Gasteiger charge is 2.08. The van der Waals surface area contributed by atoms with Crippen molar-refractivity contribution in [3.05, 3.63) is 40.4 Å². The highest BCUT2D eigenvalue weighted by Crippen LogP contribution is 2.21. The van der Waals surface area contributed by atoms with Crippen LogP contribution in [0.5, 0.6) is 5.75 Å². The Labute approximate surface area is 85.3 Å². The molecule has 1 aromatic rings. The zero-order chi connectivity index (χ0) is 11.3. The highest BCUT2D eigenvalue weighted by molar-refractivity contribution is 5.52. The van der Waals surface area contributed by atoms with Gasteiger partial charge in [-0.1, -0.05) is 0 Å². The molecule has 0 unspecified atom stereocenters. The number of halogens is 2. The first-order valence-corrected chi connectivity index (χ1v) is 4.30. The largest absolute Gasteiger partial charge is 0.494 e. The van der Waals surface area contributed by atoms with Gasteiger partial charge in [0.2, 0.25) is 0 Å². The molecule has 0 heterocycles. The van der Waals surface area contributed by atoms with Crippen molar-refractivity contribution in [2.75, 3.05) is 6.61 Å². The molecule has 0 aliphatic heterocycles. The Kier molecular flexibility index (Phi) is 3.91. The van der Waals surface area contributed by atoms with Crippen molar-refractivity contribution in [3.8, 4) is 5.75 Å². The Morgan fingerprint density at radius 1 is 1.40 bits per heavy atom. The average molecular weight is 213 g/mol. The van der Waals surface area contributed by atoms with Crippen LogP contribution >= 0.6 is 0 Å². The van der Waals surface area contributed by atoms with E-state index in [2.05, 4.69) is 5.18 Å². The van der Waals surface area contributed by atoms with Crippen LogP contribution in [0.25, 0.3) is 6.08 Å². The fraction of sp³-hybridized carbons (Fsp3) is 0.200. The second-order valence-electron chi connectivity index (χ2n) is 2.65. The van der Waals surface area contributed by atoms with E-state index in [-0.39, 0.29) is 11.3 Å². The Balaban J connectivity index is 3.09. The fourth-order valence-corrected chi connectivity index (χ4v) is 1.08. The molecule has 1 rings (SSSR count). The van der Waals surface area contributed by atoms with E-state index < -0.39 is 11.6 Å². The topological polar surface area (TPSA) is 38.7 Å². The molecule has 3 nitrogen and oxygen atoms in total. The Bertz CT molecular complexity index is 368. The molecule has 0 saturated carbocycles. The fourth-order valence-electron chi connectivity index (χ4n) is 1.08. The van der Waals surface area contributed by atoms with Crippen LogP contribution in [0.1, 0.15) is 12.5 Å². The first-order valence-electron chi connectivity index (χ1n) is 4.30. The molecule has 0 saturated heterocycles. The maximum absolute atomic E-state index is 13.2. The molecule has 0 atom stereocenters. The zero-order valence-electron chi connectivity index (χ0n) is 8.04. The predicted molar refractivity (Wildman–Crippen MR) is 52.4 cm³/mol. The number of rotatable bonds is 4. The van der Waals surface area contributed by atoms with E-state index in [1.165, 1.54) is 0 Å². The number of ether oxygens (including phenoxy) is 1. The number of hydrogen-bond donors (Lipinski definition) is 0. The molecular formula is C10H9F2NO2. The molecule has 0 N–H and O–H groups in total. The molecular weight excluding hydrogens is 204 g/mol. The second kappa shape index (κ2) is 5.19. The third kappa shape index (κ3) is 2.83. The number of hydrogen-bond acceptors (Lipinski definition) is 3. The normalized spacial score (nSPS) is 10.6. The van der Waals surface area contributed by atoms with Gasteiger partial charge in [0.25, 0.3) is 0 Å². The second-order valence-corrected chi connectivity index (χ2v) is 2.65. The van der Waals surface area contributed by atoms with Crippen LogP contribution in [0.4, 0.5) is 8.78 Å². The van der Waals surface area contributed by atoms with E-state index in [1.54, 1.807) is 6.92 Å². The van der Waals surface area contributed by atoms with Crippen molar-refractivity contribution < 1.29 is 13.5 Å². The number of nitrogens with zero attached hydrogens (tertiary/aromatic N) is 1. The van der Waals surface area contributed by atoms with Gasteiger partial charge in [0.15, 0.2) is 0 Å². The smallest absolute Gasteiger partial charge is 0.137 e. The summed E-state index contributed by atoms with van der Waals surface area (Å²) in [6, 6.07) is 2.11. The van der Waals surface area contributed by atoms with Gasteiger partial charge in [0, 0.05) is 17.7 Å². The van der Waals surface area contributed by atoms with E-state index in [1.807, 2.05) is 0 Å². The number of nitroso groups, excluding NO2 is 1. The Hall–Kier alpha value is -1.78. The van der Waals surface area contributed by atoms with E-state index >= 15 is 0 Å². The summed E-state index contributed by atoms with van der Waals surface area (Å²) in [4.78, 5) is 9.76. The van der Waals surface area contributed by atoms with Gasteiger partial charge in [0.1, 0.15) is 17.4 Å². The zero-order valence-corrected chi connectivity index (χ0v) is 8.04. The first kappa shape index (κ1) is 11.3. The van der Waals surface area contributed by atoms with Crippen molar-refractivity contribution >= 4 is 6.08 Å². The van der Waals surface area contributed by atoms with Gasteiger partial charge in [0.05, 0.1) is 12.8 Å². The number of benzene rings is 1. The first-order chi connectivity index (χ1) is 7.19. The summed E-state index contributed by atoms with van der Waals surface area (Å²) in [7, 11) is 0. The van der Waals surface area contributed by atoms with Crippen LogP contribution in [-0.4, -0.2) is 6.61 Å². The summed E-state index contributed by atoms with van der Waals surface area (Å²) in [5, 5.41) is 2.38. The standard InChI is InChI=1S/C10H9F2NO2/c1-2-15-7-5-9(11)8(3-4-13-14)10(12)6-7/h3-6H,2H2,1H3/b4-3+. The van der Waals surface area contributed by atoms with Gasteiger partial charge in [-0.3, -0.25) is 0 Å². The van der Waals surface area contributed by atoms with Crippen molar-refractivity contribution in [1.82, 2.24) is 0 Å². The van der Waals surface area contributed by atoms with Crippen LogP contribution in [0.15, 0.2) is 23.5 Å². The highest BCUT2D eigenvalue weighted by atomic mass is 19.1. The Morgan fingerprint density at radius 3 is 2.47 bits per heavy atom. The van der Waals surface area contributed by atoms with Crippen LogP contribution < -0.4 is 4.74 Å². The third-order valence-corrected chi connectivity index (χ3v) is 1.67. The molecule has 0 fully saturated rings. The van der Waals surface area contributed by atoms with Crippen LogP contribution in [0, 0.1) is 16.5 Å². The van der Waals surface area contributed by atoms with E-state index in [9.17, 15) is 13.7 Å². The molecule has 1 aromatic carbocycles. The summed E-state index contributed by atoms with van der Waals surface area (Å²) in [5.41, 5.74) is -0.307. The quantitative estimate of drug-likeness (QED) is 0.721. The van der Waals surface area contributed by atoms with Crippen molar-refractivity contribution in [2.24, 2.45) is 5.18 Å². The van der Waals surface area contributed by atoms with Crippen LogP contribution in [0.3, 0.4) is 0 Å². The molecule has 0 radical (unpaired) electrons. The van der Waals surface area contributed by atoms with E-state index in [0.29, 0.717) is 6.61 Å². The summed E-state index contributed by atoms with van der Waals surface area (Å²) < 4.78 is 31.4. The molecule has 0 aliphatic carbocycles. The monoisotopic (exact) mass is 213 g/mol. The third-order valence-electron chi connectivity index (χ3n) is 1.67. The SMILES string of the molecule is CCOc1cc(F)c(/C=C/N=O)c(F)c1.